The molecule has 2 amide bonds. The molecule has 0 radical (unpaired) electrons. The zero-order chi connectivity index (χ0) is 27.3. The number of methoxy groups -OCH3 is 1. The highest BCUT2D eigenvalue weighted by molar-refractivity contribution is 7.92. The van der Waals surface area contributed by atoms with Crippen molar-refractivity contribution in [2.75, 3.05) is 24.2 Å². The van der Waals surface area contributed by atoms with Crippen LogP contribution in [0.25, 0.3) is 0 Å². The van der Waals surface area contributed by atoms with E-state index < -0.39 is 34.1 Å². The summed E-state index contributed by atoms with van der Waals surface area (Å²) in [5.41, 5.74) is 1.18. The van der Waals surface area contributed by atoms with Gasteiger partial charge in [0.2, 0.25) is 21.8 Å². The maximum Gasteiger partial charge on any atom is 0.244 e. The van der Waals surface area contributed by atoms with Gasteiger partial charge in [-0.1, -0.05) is 42.8 Å². The minimum absolute atomic E-state index is 0.0388. The normalized spacial score (nSPS) is 12.6. The number of hydrogen-bond donors (Lipinski definition) is 1. The molecule has 0 bridgehead atoms. The largest absolute Gasteiger partial charge is 0.495 e. The minimum atomic E-state index is -3.88. The van der Waals surface area contributed by atoms with Crippen LogP contribution in [0.3, 0.4) is 0 Å². The first-order chi connectivity index (χ1) is 16.7. The van der Waals surface area contributed by atoms with Gasteiger partial charge >= 0.3 is 0 Å². The van der Waals surface area contributed by atoms with Crippen LogP contribution >= 0.6 is 11.6 Å². The number of carbonyl (C=O) groups excluding carboxylic acids is 2. The number of nitrogens with one attached hydrogen (secondary N) is 1. The fourth-order valence-electron chi connectivity index (χ4n) is 3.77. The van der Waals surface area contributed by atoms with E-state index in [9.17, 15) is 18.0 Å². The molecule has 10 heteroatoms. The Morgan fingerprint density at radius 2 is 1.78 bits per heavy atom. The molecule has 8 nitrogen and oxygen atoms in total. The van der Waals surface area contributed by atoms with Gasteiger partial charge in [0.25, 0.3) is 0 Å². The monoisotopic (exact) mass is 537 g/mol. The lowest BCUT2D eigenvalue weighted by molar-refractivity contribution is -0.141. The molecule has 2 rings (SSSR count). The molecule has 0 aliphatic rings. The van der Waals surface area contributed by atoms with Crippen molar-refractivity contribution in [3.05, 3.63) is 58.6 Å². The van der Waals surface area contributed by atoms with Gasteiger partial charge in [0.1, 0.15) is 18.3 Å². The molecular formula is C26H36ClN3O5S. The number of sulfonamides is 1. The number of hydrogen-bond acceptors (Lipinski definition) is 5. The average Bonchev–Trinajstić information content (AvgIpc) is 2.76. The van der Waals surface area contributed by atoms with Crippen LogP contribution in [0.2, 0.25) is 5.02 Å². The Morgan fingerprint density at radius 1 is 1.14 bits per heavy atom. The first-order valence-corrected chi connectivity index (χ1v) is 13.9. The number of aryl methyl sites for hydroxylation is 1. The minimum Gasteiger partial charge on any atom is -0.495 e. The predicted molar refractivity (Wildman–Crippen MR) is 144 cm³/mol. The van der Waals surface area contributed by atoms with E-state index in [1.54, 1.807) is 49.4 Å². The van der Waals surface area contributed by atoms with Crippen molar-refractivity contribution in [1.29, 1.82) is 0 Å². The first-order valence-electron chi connectivity index (χ1n) is 11.6. The second kappa shape index (κ2) is 12.0. The number of rotatable bonds is 10. The lowest BCUT2D eigenvalue weighted by Gasteiger charge is -2.34. The van der Waals surface area contributed by atoms with Crippen molar-refractivity contribution >= 4 is 39.1 Å². The predicted octanol–water partition coefficient (Wildman–Crippen LogP) is 4.15. The highest BCUT2D eigenvalue weighted by atomic mass is 35.5. The third-order valence-electron chi connectivity index (χ3n) is 5.46. The summed E-state index contributed by atoms with van der Waals surface area (Å²) in [4.78, 5) is 28.4. The molecule has 0 saturated heterocycles. The maximum atomic E-state index is 13.8. The lowest BCUT2D eigenvalue weighted by Crippen LogP contribution is -2.55. The zero-order valence-electron chi connectivity index (χ0n) is 22.0. The van der Waals surface area contributed by atoms with Crippen LogP contribution in [0.15, 0.2) is 42.5 Å². The van der Waals surface area contributed by atoms with E-state index in [1.165, 1.54) is 12.0 Å². The summed E-state index contributed by atoms with van der Waals surface area (Å²) >= 11 is 6.38. The van der Waals surface area contributed by atoms with Crippen LogP contribution in [0.5, 0.6) is 5.75 Å². The van der Waals surface area contributed by atoms with E-state index in [4.69, 9.17) is 16.3 Å². The van der Waals surface area contributed by atoms with E-state index in [1.807, 2.05) is 27.7 Å². The molecule has 0 fully saturated rings. The van der Waals surface area contributed by atoms with Crippen molar-refractivity contribution in [3.63, 3.8) is 0 Å². The van der Waals surface area contributed by atoms with Crippen LogP contribution in [0.4, 0.5) is 5.69 Å². The van der Waals surface area contributed by atoms with Gasteiger partial charge in [0.15, 0.2) is 0 Å². The number of anilines is 1. The molecular weight excluding hydrogens is 502 g/mol. The van der Waals surface area contributed by atoms with Crippen LogP contribution < -0.4 is 14.4 Å². The van der Waals surface area contributed by atoms with Gasteiger partial charge in [-0.25, -0.2) is 8.42 Å². The maximum absolute atomic E-state index is 13.8. The summed E-state index contributed by atoms with van der Waals surface area (Å²) in [6, 6.07) is 11.3. The van der Waals surface area contributed by atoms with Crippen LogP contribution in [-0.4, -0.2) is 56.6 Å². The topological polar surface area (TPSA) is 96.0 Å². The Morgan fingerprint density at radius 3 is 2.31 bits per heavy atom. The number of benzene rings is 2. The molecule has 36 heavy (non-hydrogen) atoms. The third kappa shape index (κ3) is 7.86. The molecule has 2 aromatic rings. The molecule has 0 spiro atoms. The summed E-state index contributed by atoms with van der Waals surface area (Å²) in [5.74, 6) is -0.557. The summed E-state index contributed by atoms with van der Waals surface area (Å²) in [5, 5.41) is 3.38. The van der Waals surface area contributed by atoms with Gasteiger partial charge in [0, 0.05) is 17.1 Å². The molecule has 0 aliphatic heterocycles. The average molecular weight is 538 g/mol. The Bertz CT molecular complexity index is 1190. The van der Waals surface area contributed by atoms with Gasteiger partial charge < -0.3 is 15.0 Å². The molecule has 0 aliphatic carbocycles. The standard InChI is InChI=1S/C26H36ClN3O5S/c1-8-21(25(32)28-26(3,4)5)29(16-19-11-9-10-12-20(19)27)24(31)17-30(36(7,33)34)22-15-18(2)13-14-23(22)35-6/h9-15,21H,8,16-17H2,1-7H3,(H,28,32)/t21-/m1/s1. The molecule has 1 N–H and O–H groups in total. The van der Waals surface area contributed by atoms with Gasteiger partial charge in [-0.3, -0.25) is 13.9 Å². The van der Waals surface area contributed by atoms with Gasteiger partial charge in [0.05, 0.1) is 19.1 Å². The molecule has 0 saturated carbocycles. The first kappa shape index (κ1) is 29.5. The van der Waals surface area contributed by atoms with Crippen LogP contribution in [-0.2, 0) is 26.2 Å². The van der Waals surface area contributed by atoms with Crippen molar-refractivity contribution in [2.24, 2.45) is 0 Å². The van der Waals surface area contributed by atoms with Crippen molar-refractivity contribution in [2.45, 2.75) is 59.2 Å². The highest BCUT2D eigenvalue weighted by Crippen LogP contribution is 2.31. The number of amides is 2. The van der Waals surface area contributed by atoms with Crippen molar-refractivity contribution < 1.29 is 22.7 Å². The fraction of sp³-hybridized carbons (Fsp3) is 0.462. The summed E-state index contributed by atoms with van der Waals surface area (Å²) < 4.78 is 32.1. The van der Waals surface area contributed by atoms with E-state index in [0.717, 1.165) is 16.1 Å². The summed E-state index contributed by atoms with van der Waals surface area (Å²) in [7, 11) is -2.44. The molecule has 198 valence electrons. The molecule has 0 unspecified atom stereocenters. The van der Waals surface area contributed by atoms with E-state index in [-0.39, 0.29) is 18.1 Å². The zero-order valence-corrected chi connectivity index (χ0v) is 23.5. The number of ether oxygens (including phenoxy) is 1. The second-order valence-electron chi connectivity index (χ2n) is 9.72. The molecule has 1 atom stereocenters. The smallest absolute Gasteiger partial charge is 0.244 e. The van der Waals surface area contributed by atoms with Crippen molar-refractivity contribution in [3.8, 4) is 5.75 Å². The molecule has 2 aromatic carbocycles. The Labute approximate surface area is 219 Å². The SMILES string of the molecule is CC[C@H](C(=O)NC(C)(C)C)N(Cc1ccccc1Cl)C(=O)CN(c1cc(C)ccc1OC)S(C)(=O)=O. The summed E-state index contributed by atoms with van der Waals surface area (Å²) in [6.07, 6.45) is 1.36. The van der Waals surface area contributed by atoms with Gasteiger partial charge in [-0.05, 0) is 63.4 Å². The number of nitrogens with zero attached hydrogens (tertiary/aromatic N) is 2. The highest BCUT2D eigenvalue weighted by Gasteiger charge is 2.34. The Kier molecular flexibility index (Phi) is 9.79. The van der Waals surface area contributed by atoms with Gasteiger partial charge in [-0.2, -0.15) is 0 Å². The molecule has 0 aromatic heterocycles. The van der Waals surface area contributed by atoms with E-state index >= 15 is 0 Å². The van der Waals surface area contributed by atoms with Crippen LogP contribution in [0.1, 0.15) is 45.2 Å². The second-order valence-corrected chi connectivity index (χ2v) is 12.0. The number of halogens is 1. The summed E-state index contributed by atoms with van der Waals surface area (Å²) in [6.45, 7) is 8.71. The third-order valence-corrected chi connectivity index (χ3v) is 6.96. The van der Waals surface area contributed by atoms with Crippen LogP contribution in [0, 0.1) is 6.92 Å². The van der Waals surface area contributed by atoms with E-state index in [0.29, 0.717) is 22.8 Å². The van der Waals surface area contributed by atoms with E-state index in [2.05, 4.69) is 5.32 Å². The Hall–Kier alpha value is -2.78. The van der Waals surface area contributed by atoms with Crippen molar-refractivity contribution in [1.82, 2.24) is 10.2 Å². The molecule has 0 heterocycles. The Balaban J connectivity index is 2.55. The fourth-order valence-corrected chi connectivity index (χ4v) is 4.81. The lowest BCUT2D eigenvalue weighted by atomic mass is 10.1. The van der Waals surface area contributed by atoms with Gasteiger partial charge in [-0.15, -0.1) is 0 Å². The quantitative estimate of drug-likeness (QED) is 0.491. The number of carbonyl (C=O) groups is 2.